The van der Waals surface area contributed by atoms with Gasteiger partial charge in [0.2, 0.25) is 0 Å². The van der Waals surface area contributed by atoms with Gasteiger partial charge in [-0.3, -0.25) is 4.68 Å². The highest BCUT2D eigenvalue weighted by Crippen LogP contribution is 2.30. The number of hydrogen-bond donors (Lipinski definition) is 0. The fourth-order valence-corrected chi connectivity index (χ4v) is 3.04. The molecule has 2 aromatic rings. The number of rotatable bonds is 4. The third kappa shape index (κ3) is 4.85. The zero-order valence-electron chi connectivity index (χ0n) is 15.2. The van der Waals surface area contributed by atoms with Gasteiger partial charge in [0.1, 0.15) is 0 Å². The lowest BCUT2D eigenvalue weighted by Gasteiger charge is -2.27. The van der Waals surface area contributed by atoms with E-state index in [1.165, 1.54) is 67.4 Å². The van der Waals surface area contributed by atoms with Crippen LogP contribution in [0.5, 0.6) is 0 Å². The smallest absolute Gasteiger partial charge is 0.0568 e. The standard InChI is InChI=1S/C14H17N3.C6H14/c1-16-7-3-4-12-8-11(5-6-14(12)16)13-9-15-17(2)10-13;1-3-5-6-4-2/h5-6,8-10H,3-4,7H2,1-2H3;3-6H2,1-2H3. The maximum atomic E-state index is 4.23. The summed E-state index contributed by atoms with van der Waals surface area (Å²) in [5.74, 6) is 0. The molecule has 0 unspecified atom stereocenters. The average molecular weight is 313 g/mol. The number of hydrogen-bond acceptors (Lipinski definition) is 2. The van der Waals surface area contributed by atoms with Crippen molar-refractivity contribution in [1.29, 1.82) is 0 Å². The van der Waals surface area contributed by atoms with Crippen molar-refractivity contribution in [2.45, 2.75) is 52.4 Å². The number of anilines is 1. The minimum absolute atomic E-state index is 1.17. The summed E-state index contributed by atoms with van der Waals surface area (Å²) in [5, 5.41) is 4.23. The van der Waals surface area contributed by atoms with Gasteiger partial charge >= 0.3 is 0 Å². The molecule has 0 bridgehead atoms. The molecule has 0 saturated heterocycles. The Morgan fingerprint density at radius 2 is 1.78 bits per heavy atom. The average Bonchev–Trinajstić information content (AvgIpc) is 3.00. The van der Waals surface area contributed by atoms with Crippen LogP contribution in [0.25, 0.3) is 11.1 Å². The second-order valence-corrected chi connectivity index (χ2v) is 6.48. The molecule has 0 atom stereocenters. The highest BCUT2D eigenvalue weighted by Gasteiger charge is 2.14. The van der Waals surface area contributed by atoms with Crippen LogP contribution >= 0.6 is 0 Å². The molecule has 126 valence electrons. The molecular weight excluding hydrogens is 282 g/mol. The van der Waals surface area contributed by atoms with Gasteiger partial charge in [0, 0.05) is 38.1 Å². The molecule has 0 aliphatic carbocycles. The van der Waals surface area contributed by atoms with E-state index in [2.05, 4.69) is 55.3 Å². The molecule has 0 saturated carbocycles. The number of benzene rings is 1. The zero-order valence-corrected chi connectivity index (χ0v) is 15.2. The molecule has 3 heteroatoms. The number of unbranched alkanes of at least 4 members (excludes halogenated alkanes) is 3. The zero-order chi connectivity index (χ0) is 16.7. The number of aryl methyl sites for hydroxylation is 2. The van der Waals surface area contributed by atoms with Gasteiger partial charge in [0.05, 0.1) is 6.20 Å². The SMILES string of the molecule is CCCCCC.CN1CCCc2cc(-c3cnn(C)c3)ccc21. The van der Waals surface area contributed by atoms with Crippen LogP contribution in [0.1, 0.15) is 51.5 Å². The Hall–Kier alpha value is -1.77. The first-order valence-corrected chi connectivity index (χ1v) is 8.98. The molecule has 1 aliphatic rings. The van der Waals surface area contributed by atoms with E-state index in [0.29, 0.717) is 0 Å². The summed E-state index contributed by atoms with van der Waals surface area (Å²) in [6.07, 6.45) is 12.0. The first-order valence-electron chi connectivity index (χ1n) is 8.98. The minimum Gasteiger partial charge on any atom is -0.374 e. The van der Waals surface area contributed by atoms with Crippen LogP contribution < -0.4 is 4.90 Å². The fourth-order valence-electron chi connectivity index (χ4n) is 3.04. The minimum atomic E-state index is 1.17. The van der Waals surface area contributed by atoms with Gasteiger partial charge in [-0.2, -0.15) is 5.10 Å². The number of fused-ring (bicyclic) bond motifs is 1. The van der Waals surface area contributed by atoms with E-state index < -0.39 is 0 Å². The Morgan fingerprint density at radius 3 is 2.39 bits per heavy atom. The van der Waals surface area contributed by atoms with Crippen LogP contribution in [0.2, 0.25) is 0 Å². The first-order chi connectivity index (χ1) is 11.2. The van der Waals surface area contributed by atoms with Gasteiger partial charge in [-0.25, -0.2) is 0 Å². The summed E-state index contributed by atoms with van der Waals surface area (Å²) in [4.78, 5) is 2.34. The van der Waals surface area contributed by atoms with Crippen LogP contribution in [-0.4, -0.2) is 23.4 Å². The van der Waals surface area contributed by atoms with E-state index in [1.54, 1.807) is 0 Å². The van der Waals surface area contributed by atoms with Crippen molar-refractivity contribution in [3.8, 4) is 11.1 Å². The predicted octanol–water partition coefficient (Wildman–Crippen LogP) is 5.06. The summed E-state index contributed by atoms with van der Waals surface area (Å²) >= 11 is 0. The van der Waals surface area contributed by atoms with Crippen molar-refractivity contribution in [1.82, 2.24) is 9.78 Å². The van der Waals surface area contributed by atoms with Gasteiger partial charge in [-0.05, 0) is 36.1 Å². The fraction of sp³-hybridized carbons (Fsp3) is 0.550. The van der Waals surface area contributed by atoms with Crippen molar-refractivity contribution in [3.63, 3.8) is 0 Å². The van der Waals surface area contributed by atoms with Crippen molar-refractivity contribution in [2.75, 3.05) is 18.5 Å². The lowest BCUT2D eigenvalue weighted by atomic mass is 9.98. The summed E-state index contributed by atoms with van der Waals surface area (Å²) in [6.45, 7) is 5.63. The summed E-state index contributed by atoms with van der Waals surface area (Å²) < 4.78 is 1.85. The molecule has 0 spiro atoms. The molecule has 2 heterocycles. The van der Waals surface area contributed by atoms with E-state index in [4.69, 9.17) is 0 Å². The van der Waals surface area contributed by atoms with E-state index in [9.17, 15) is 0 Å². The first kappa shape index (κ1) is 17.6. The van der Waals surface area contributed by atoms with Crippen LogP contribution in [0.4, 0.5) is 5.69 Å². The summed E-state index contributed by atoms with van der Waals surface area (Å²) in [7, 11) is 4.12. The Morgan fingerprint density at radius 1 is 1.04 bits per heavy atom. The van der Waals surface area contributed by atoms with Gasteiger partial charge in [-0.15, -0.1) is 0 Å². The largest absolute Gasteiger partial charge is 0.374 e. The second kappa shape index (κ2) is 8.76. The maximum Gasteiger partial charge on any atom is 0.0568 e. The Labute approximate surface area is 141 Å². The Bertz CT molecular complexity index is 597. The molecular formula is C20H31N3. The molecule has 0 amide bonds. The van der Waals surface area contributed by atoms with E-state index in [0.717, 1.165) is 0 Å². The van der Waals surface area contributed by atoms with Gasteiger partial charge in [-0.1, -0.05) is 45.6 Å². The lowest BCUT2D eigenvalue weighted by molar-refractivity contribution is 0.702. The van der Waals surface area contributed by atoms with Crippen LogP contribution in [0.15, 0.2) is 30.6 Å². The van der Waals surface area contributed by atoms with E-state index in [1.807, 2.05) is 17.9 Å². The number of nitrogens with zero attached hydrogens (tertiary/aromatic N) is 3. The van der Waals surface area contributed by atoms with Crippen molar-refractivity contribution in [3.05, 3.63) is 36.2 Å². The molecule has 1 aromatic carbocycles. The summed E-state index contributed by atoms with van der Waals surface area (Å²) in [6, 6.07) is 6.73. The molecule has 0 radical (unpaired) electrons. The molecule has 0 N–H and O–H groups in total. The monoisotopic (exact) mass is 313 g/mol. The van der Waals surface area contributed by atoms with Crippen LogP contribution in [-0.2, 0) is 13.5 Å². The maximum absolute atomic E-state index is 4.23. The second-order valence-electron chi connectivity index (χ2n) is 6.48. The van der Waals surface area contributed by atoms with Crippen LogP contribution in [0, 0.1) is 0 Å². The van der Waals surface area contributed by atoms with Crippen molar-refractivity contribution in [2.24, 2.45) is 7.05 Å². The third-order valence-electron chi connectivity index (χ3n) is 4.43. The summed E-state index contributed by atoms with van der Waals surface area (Å²) in [5.41, 5.74) is 5.31. The van der Waals surface area contributed by atoms with Crippen molar-refractivity contribution < 1.29 is 0 Å². The predicted molar refractivity (Wildman–Crippen MR) is 100 cm³/mol. The molecule has 1 aromatic heterocycles. The molecule has 1 aliphatic heterocycles. The van der Waals surface area contributed by atoms with Crippen LogP contribution in [0.3, 0.4) is 0 Å². The van der Waals surface area contributed by atoms with Crippen molar-refractivity contribution >= 4 is 5.69 Å². The van der Waals surface area contributed by atoms with Gasteiger partial charge in [0.25, 0.3) is 0 Å². The third-order valence-corrected chi connectivity index (χ3v) is 4.43. The quantitative estimate of drug-likeness (QED) is 0.736. The highest BCUT2D eigenvalue weighted by molar-refractivity contribution is 5.68. The molecule has 23 heavy (non-hydrogen) atoms. The Kier molecular flexibility index (Phi) is 6.69. The molecule has 3 nitrogen and oxygen atoms in total. The Balaban J connectivity index is 0.000000277. The van der Waals surface area contributed by atoms with Gasteiger partial charge in [0.15, 0.2) is 0 Å². The highest BCUT2D eigenvalue weighted by atomic mass is 15.2. The topological polar surface area (TPSA) is 21.1 Å². The molecule has 3 rings (SSSR count). The van der Waals surface area contributed by atoms with E-state index >= 15 is 0 Å². The molecule has 0 fully saturated rings. The normalized spacial score (nSPS) is 13.3. The number of aromatic nitrogens is 2. The van der Waals surface area contributed by atoms with Gasteiger partial charge < -0.3 is 4.90 Å². The lowest BCUT2D eigenvalue weighted by Crippen LogP contribution is -2.24. The van der Waals surface area contributed by atoms with E-state index in [-0.39, 0.29) is 0 Å².